The number of aliphatic imine (C=N–C) groups is 1. The van der Waals surface area contributed by atoms with Crippen LogP contribution in [0.3, 0.4) is 0 Å². The molecule has 0 spiro atoms. The number of hydrogen-bond acceptors (Lipinski definition) is 6. The quantitative estimate of drug-likeness (QED) is 0.515. The van der Waals surface area contributed by atoms with Crippen molar-refractivity contribution in [2.24, 2.45) is 4.99 Å². The summed E-state index contributed by atoms with van der Waals surface area (Å²) in [6.07, 6.45) is 1.87. The van der Waals surface area contributed by atoms with Gasteiger partial charge < -0.3 is 4.74 Å². The molecule has 1 aliphatic rings. The van der Waals surface area contributed by atoms with E-state index in [9.17, 15) is 4.79 Å². The molecule has 1 saturated heterocycles. The van der Waals surface area contributed by atoms with Crippen LogP contribution in [-0.4, -0.2) is 34.6 Å². The number of aromatic nitrogens is 1. The predicted molar refractivity (Wildman–Crippen MR) is 121 cm³/mol. The Hall–Kier alpha value is -2.90. The molecule has 0 radical (unpaired) electrons. The summed E-state index contributed by atoms with van der Waals surface area (Å²) in [5.74, 6) is 0.714. The maximum atomic E-state index is 12.8. The summed E-state index contributed by atoms with van der Waals surface area (Å²) in [6.45, 7) is 2.50. The summed E-state index contributed by atoms with van der Waals surface area (Å²) in [6, 6.07) is 17.6. The van der Waals surface area contributed by atoms with E-state index < -0.39 is 0 Å². The Labute approximate surface area is 177 Å². The molecule has 0 unspecified atom stereocenters. The van der Waals surface area contributed by atoms with E-state index in [0.717, 1.165) is 22.6 Å². The van der Waals surface area contributed by atoms with Crippen molar-refractivity contribution >= 4 is 45.4 Å². The van der Waals surface area contributed by atoms with Crippen LogP contribution in [0.4, 0.5) is 5.13 Å². The molecule has 0 bridgehead atoms. The van der Waals surface area contributed by atoms with Gasteiger partial charge in [0.05, 0.1) is 17.7 Å². The van der Waals surface area contributed by atoms with E-state index in [1.807, 2.05) is 73.0 Å². The topological polar surface area (TPSA) is 54.8 Å². The maximum Gasteiger partial charge on any atom is 0.266 e. The highest BCUT2D eigenvalue weighted by atomic mass is 32.2. The first-order valence-corrected chi connectivity index (χ1v) is 10.8. The van der Waals surface area contributed by atoms with Crippen LogP contribution in [-0.2, 0) is 4.79 Å². The summed E-state index contributed by atoms with van der Waals surface area (Å²) in [4.78, 5) is 24.4. The van der Waals surface area contributed by atoms with E-state index in [1.165, 1.54) is 23.1 Å². The van der Waals surface area contributed by atoms with Gasteiger partial charge >= 0.3 is 0 Å². The van der Waals surface area contributed by atoms with Crippen LogP contribution in [0.1, 0.15) is 12.5 Å². The van der Waals surface area contributed by atoms with E-state index in [4.69, 9.17) is 4.74 Å². The second kappa shape index (κ2) is 8.63. The number of carbonyl (C=O) groups is 1. The van der Waals surface area contributed by atoms with Crippen molar-refractivity contribution in [2.75, 3.05) is 13.7 Å². The van der Waals surface area contributed by atoms with Crippen LogP contribution < -0.4 is 4.74 Å². The summed E-state index contributed by atoms with van der Waals surface area (Å²) in [5.41, 5.74) is 2.86. The fraction of sp³-hybridized carbons (Fsp3) is 0.136. The molecule has 29 heavy (non-hydrogen) atoms. The molecule has 2 heterocycles. The summed E-state index contributed by atoms with van der Waals surface area (Å²) < 4.78 is 5.27. The Morgan fingerprint density at radius 1 is 1.17 bits per heavy atom. The van der Waals surface area contributed by atoms with Gasteiger partial charge in [-0.25, -0.2) is 4.98 Å². The van der Waals surface area contributed by atoms with Gasteiger partial charge in [-0.05, 0) is 42.5 Å². The van der Waals surface area contributed by atoms with Crippen LogP contribution in [0.15, 0.2) is 69.9 Å². The van der Waals surface area contributed by atoms with Crippen LogP contribution in [0.5, 0.6) is 5.75 Å². The Bertz CT molecular complexity index is 1090. The number of hydrogen-bond donors (Lipinski definition) is 0. The summed E-state index contributed by atoms with van der Waals surface area (Å²) >= 11 is 2.84. The highest BCUT2D eigenvalue weighted by molar-refractivity contribution is 8.18. The molecule has 0 aliphatic carbocycles. The molecule has 0 atom stereocenters. The minimum absolute atomic E-state index is 0.0427. The molecule has 3 aromatic rings. The summed E-state index contributed by atoms with van der Waals surface area (Å²) in [7, 11) is 1.63. The van der Waals surface area contributed by atoms with Crippen molar-refractivity contribution in [3.05, 3.63) is 70.4 Å². The lowest BCUT2D eigenvalue weighted by Crippen LogP contribution is -2.28. The number of amides is 1. The Morgan fingerprint density at radius 3 is 2.76 bits per heavy atom. The minimum Gasteiger partial charge on any atom is -0.497 e. The second-order valence-electron chi connectivity index (χ2n) is 6.21. The molecule has 0 saturated carbocycles. The van der Waals surface area contributed by atoms with Gasteiger partial charge in [-0.3, -0.25) is 9.69 Å². The normalized spacial score (nSPS) is 16.8. The lowest BCUT2D eigenvalue weighted by atomic mass is 10.2. The molecule has 1 aliphatic heterocycles. The number of rotatable bonds is 5. The zero-order chi connectivity index (χ0) is 20.2. The molecular formula is C22H19N3O2S2. The molecule has 1 amide bonds. The first-order chi connectivity index (χ1) is 14.2. The minimum atomic E-state index is -0.0427. The van der Waals surface area contributed by atoms with Gasteiger partial charge in [0.25, 0.3) is 5.91 Å². The Kier molecular flexibility index (Phi) is 5.78. The van der Waals surface area contributed by atoms with Gasteiger partial charge in [0.2, 0.25) is 5.13 Å². The highest BCUT2D eigenvalue weighted by Gasteiger charge is 2.32. The van der Waals surface area contributed by atoms with Crippen LogP contribution >= 0.6 is 23.1 Å². The number of benzene rings is 2. The maximum absolute atomic E-state index is 12.8. The van der Waals surface area contributed by atoms with Crippen molar-refractivity contribution in [1.82, 2.24) is 9.88 Å². The number of amidine groups is 1. The van der Waals surface area contributed by atoms with Crippen LogP contribution in [0.2, 0.25) is 0 Å². The zero-order valence-electron chi connectivity index (χ0n) is 16.0. The molecule has 1 fully saturated rings. The fourth-order valence-corrected chi connectivity index (χ4v) is 4.69. The van der Waals surface area contributed by atoms with Crippen molar-refractivity contribution in [2.45, 2.75) is 6.92 Å². The first-order valence-electron chi connectivity index (χ1n) is 9.13. The third-order valence-electron chi connectivity index (χ3n) is 4.35. The number of methoxy groups -OCH3 is 1. The number of likely N-dealkylation sites (N-methyl/N-ethyl adjacent to an activating group) is 1. The number of ether oxygens (including phenoxy) is 1. The lowest BCUT2D eigenvalue weighted by Gasteiger charge is -2.11. The predicted octanol–water partition coefficient (Wildman–Crippen LogP) is 5.44. The molecule has 0 N–H and O–H groups in total. The molecule has 5 nitrogen and oxygen atoms in total. The SMILES string of the molecule is CCN1C(=O)/C(=C/c2cccc(OC)c2)S/C1=N/c1nc(-c2ccccc2)cs1. The van der Waals surface area contributed by atoms with Crippen molar-refractivity contribution in [1.29, 1.82) is 0 Å². The van der Waals surface area contributed by atoms with Crippen molar-refractivity contribution in [3.8, 4) is 17.0 Å². The molecule has 146 valence electrons. The number of thiazole rings is 1. The van der Waals surface area contributed by atoms with Crippen LogP contribution in [0, 0.1) is 0 Å². The molecular weight excluding hydrogens is 402 g/mol. The average molecular weight is 422 g/mol. The third-order valence-corrected chi connectivity index (χ3v) is 6.09. The number of nitrogens with zero attached hydrogens (tertiary/aromatic N) is 3. The van der Waals surface area contributed by atoms with E-state index >= 15 is 0 Å². The van der Waals surface area contributed by atoms with Crippen LogP contribution in [0.25, 0.3) is 17.3 Å². The molecule has 4 rings (SSSR count). The number of thioether (sulfide) groups is 1. The zero-order valence-corrected chi connectivity index (χ0v) is 17.7. The van der Waals surface area contributed by atoms with Gasteiger partial charge in [-0.1, -0.05) is 42.5 Å². The van der Waals surface area contributed by atoms with Gasteiger partial charge in [-0.2, -0.15) is 4.99 Å². The largest absolute Gasteiger partial charge is 0.497 e. The third kappa shape index (κ3) is 4.26. The molecule has 7 heteroatoms. The van der Waals surface area contributed by atoms with E-state index in [0.29, 0.717) is 21.7 Å². The number of carbonyl (C=O) groups excluding carboxylic acids is 1. The van der Waals surface area contributed by atoms with E-state index in [-0.39, 0.29) is 5.91 Å². The van der Waals surface area contributed by atoms with E-state index in [2.05, 4.69) is 9.98 Å². The summed E-state index contributed by atoms with van der Waals surface area (Å²) in [5, 5.41) is 3.28. The van der Waals surface area contributed by atoms with Gasteiger partial charge in [0.15, 0.2) is 5.17 Å². The Morgan fingerprint density at radius 2 is 2.00 bits per heavy atom. The lowest BCUT2D eigenvalue weighted by molar-refractivity contribution is -0.122. The standard InChI is InChI=1S/C22H19N3O2S2/c1-3-25-20(26)19(13-15-8-7-11-17(12-15)27-2)29-22(25)24-21-23-18(14-28-21)16-9-5-4-6-10-16/h4-14H,3H2,1-2H3/b19-13-,24-22+. The van der Waals surface area contributed by atoms with Gasteiger partial charge in [0.1, 0.15) is 5.75 Å². The van der Waals surface area contributed by atoms with E-state index in [1.54, 1.807) is 12.0 Å². The second-order valence-corrected chi connectivity index (χ2v) is 8.06. The fourth-order valence-electron chi connectivity index (χ4n) is 2.89. The highest BCUT2D eigenvalue weighted by Crippen LogP contribution is 2.35. The smallest absolute Gasteiger partial charge is 0.266 e. The van der Waals surface area contributed by atoms with Crippen molar-refractivity contribution < 1.29 is 9.53 Å². The first kappa shape index (κ1) is 19.4. The average Bonchev–Trinajstić information content (AvgIpc) is 3.33. The van der Waals surface area contributed by atoms with Gasteiger partial charge in [0, 0.05) is 17.5 Å². The van der Waals surface area contributed by atoms with Gasteiger partial charge in [-0.15, -0.1) is 11.3 Å². The monoisotopic (exact) mass is 421 g/mol. The Balaban J connectivity index is 1.61. The molecule has 1 aromatic heterocycles. The molecule has 2 aromatic carbocycles. The van der Waals surface area contributed by atoms with Crippen molar-refractivity contribution in [3.63, 3.8) is 0 Å².